The van der Waals surface area contributed by atoms with Gasteiger partial charge in [0.05, 0.1) is 12.2 Å². The Bertz CT molecular complexity index is 345. The minimum Gasteiger partial charge on any atom is -0.394 e. The van der Waals surface area contributed by atoms with Crippen LogP contribution in [-0.4, -0.2) is 17.8 Å². The van der Waals surface area contributed by atoms with E-state index in [1.807, 2.05) is 0 Å². The second kappa shape index (κ2) is 3.50. The Labute approximate surface area is 84.3 Å². The smallest absolute Gasteiger partial charge is 0.394 e. The molecule has 0 radical (unpaired) electrons. The molecule has 1 aromatic carbocycles. The highest BCUT2D eigenvalue weighted by atomic mass is 19.4. The van der Waals surface area contributed by atoms with Gasteiger partial charge >= 0.3 is 6.18 Å². The lowest BCUT2D eigenvalue weighted by Crippen LogP contribution is -2.04. The third-order valence-corrected chi connectivity index (χ3v) is 2.33. The molecule has 1 aliphatic rings. The molecular formula is C10H9F3O2. The van der Waals surface area contributed by atoms with Gasteiger partial charge < -0.3 is 9.84 Å². The van der Waals surface area contributed by atoms with E-state index >= 15 is 0 Å². The Morgan fingerprint density at radius 3 is 2.20 bits per heavy atom. The fraction of sp³-hybridized carbons (Fsp3) is 0.400. The summed E-state index contributed by atoms with van der Waals surface area (Å²) >= 11 is 0. The number of halogens is 3. The van der Waals surface area contributed by atoms with Crippen molar-refractivity contribution in [1.82, 2.24) is 0 Å². The van der Waals surface area contributed by atoms with E-state index in [0.717, 1.165) is 12.1 Å². The molecule has 2 rings (SSSR count). The fourth-order valence-corrected chi connectivity index (χ4v) is 1.44. The molecule has 2 nitrogen and oxygen atoms in total. The van der Waals surface area contributed by atoms with E-state index < -0.39 is 11.7 Å². The van der Waals surface area contributed by atoms with E-state index in [-0.39, 0.29) is 18.8 Å². The number of rotatable bonds is 2. The van der Waals surface area contributed by atoms with Gasteiger partial charge in [-0.25, -0.2) is 0 Å². The number of ether oxygens (including phenoxy) is 1. The summed E-state index contributed by atoms with van der Waals surface area (Å²) in [5, 5.41) is 8.72. The summed E-state index contributed by atoms with van der Waals surface area (Å²) in [5.74, 6) is 0. The summed E-state index contributed by atoms with van der Waals surface area (Å²) in [7, 11) is 0. The number of aliphatic hydroxyl groups excluding tert-OH is 1. The van der Waals surface area contributed by atoms with Crippen molar-refractivity contribution in [2.45, 2.75) is 18.4 Å². The van der Waals surface area contributed by atoms with E-state index in [2.05, 4.69) is 0 Å². The van der Waals surface area contributed by atoms with Crippen molar-refractivity contribution in [3.63, 3.8) is 0 Å². The first-order valence-electron chi connectivity index (χ1n) is 4.46. The molecule has 1 heterocycles. The molecule has 1 aliphatic heterocycles. The molecule has 0 spiro atoms. The number of aliphatic hydroxyl groups is 1. The summed E-state index contributed by atoms with van der Waals surface area (Å²) in [6, 6.07) is 4.79. The molecule has 2 atom stereocenters. The van der Waals surface area contributed by atoms with Gasteiger partial charge in [-0.1, -0.05) is 12.1 Å². The minimum absolute atomic E-state index is 0.105. The molecule has 5 heteroatoms. The first-order chi connectivity index (χ1) is 7.02. The molecular weight excluding hydrogens is 209 g/mol. The highest BCUT2D eigenvalue weighted by Crippen LogP contribution is 2.39. The minimum atomic E-state index is -4.31. The maximum absolute atomic E-state index is 12.2. The summed E-state index contributed by atoms with van der Waals surface area (Å²) in [6.07, 6.45) is -4.82. The first kappa shape index (κ1) is 10.4. The molecule has 0 bridgehead atoms. The predicted molar refractivity (Wildman–Crippen MR) is 46.1 cm³/mol. The van der Waals surface area contributed by atoms with Crippen LogP contribution in [0.5, 0.6) is 0 Å². The van der Waals surface area contributed by atoms with Gasteiger partial charge in [-0.05, 0) is 17.7 Å². The zero-order valence-electron chi connectivity index (χ0n) is 7.66. The molecule has 0 aromatic heterocycles. The highest BCUT2D eigenvalue weighted by Gasteiger charge is 2.40. The van der Waals surface area contributed by atoms with Crippen molar-refractivity contribution in [2.24, 2.45) is 0 Å². The van der Waals surface area contributed by atoms with Crippen molar-refractivity contribution >= 4 is 0 Å². The van der Waals surface area contributed by atoms with Crippen molar-refractivity contribution in [3.8, 4) is 0 Å². The monoisotopic (exact) mass is 218 g/mol. The topological polar surface area (TPSA) is 32.8 Å². The lowest BCUT2D eigenvalue weighted by Gasteiger charge is -2.06. The van der Waals surface area contributed by atoms with Gasteiger partial charge in [0, 0.05) is 0 Å². The van der Waals surface area contributed by atoms with Crippen molar-refractivity contribution in [2.75, 3.05) is 6.61 Å². The van der Waals surface area contributed by atoms with Crippen LogP contribution in [0.25, 0.3) is 0 Å². The summed E-state index contributed by atoms with van der Waals surface area (Å²) in [6.45, 7) is -0.105. The molecule has 1 fully saturated rings. The molecule has 0 saturated carbocycles. The van der Waals surface area contributed by atoms with Gasteiger partial charge in [0.2, 0.25) is 0 Å². The Morgan fingerprint density at radius 2 is 1.80 bits per heavy atom. The Hall–Kier alpha value is -1.07. The maximum atomic E-state index is 12.2. The number of alkyl halides is 3. The summed E-state index contributed by atoms with van der Waals surface area (Å²) in [5.41, 5.74) is -0.00509. The molecule has 1 saturated heterocycles. The fourth-order valence-electron chi connectivity index (χ4n) is 1.44. The average Bonchev–Trinajstić information content (AvgIpc) is 2.95. The van der Waals surface area contributed by atoms with Crippen LogP contribution in [0.4, 0.5) is 13.2 Å². The molecule has 0 aliphatic carbocycles. The second-order valence-electron chi connectivity index (χ2n) is 3.40. The van der Waals surface area contributed by atoms with Gasteiger partial charge in [0.15, 0.2) is 0 Å². The Kier molecular flexibility index (Phi) is 2.44. The predicted octanol–water partition coefficient (Wildman–Crippen LogP) is 2.14. The van der Waals surface area contributed by atoms with E-state index in [1.54, 1.807) is 0 Å². The Morgan fingerprint density at radius 1 is 1.20 bits per heavy atom. The third kappa shape index (κ3) is 2.13. The number of benzene rings is 1. The zero-order chi connectivity index (χ0) is 11.1. The lowest BCUT2D eigenvalue weighted by molar-refractivity contribution is -0.137. The number of hydrogen-bond donors (Lipinski definition) is 1. The Balaban J connectivity index is 2.12. The van der Waals surface area contributed by atoms with Gasteiger partial charge in [-0.2, -0.15) is 13.2 Å². The number of epoxide rings is 1. The van der Waals surface area contributed by atoms with E-state index in [1.165, 1.54) is 12.1 Å². The van der Waals surface area contributed by atoms with Crippen LogP contribution in [0.2, 0.25) is 0 Å². The zero-order valence-corrected chi connectivity index (χ0v) is 7.66. The summed E-state index contributed by atoms with van der Waals surface area (Å²) < 4.78 is 41.7. The van der Waals surface area contributed by atoms with E-state index in [4.69, 9.17) is 9.84 Å². The van der Waals surface area contributed by atoms with Crippen LogP contribution in [0, 0.1) is 0 Å². The largest absolute Gasteiger partial charge is 0.416 e. The maximum Gasteiger partial charge on any atom is 0.416 e. The van der Waals surface area contributed by atoms with Gasteiger partial charge in [-0.3, -0.25) is 0 Å². The van der Waals surface area contributed by atoms with Crippen molar-refractivity contribution in [3.05, 3.63) is 35.4 Å². The van der Waals surface area contributed by atoms with Crippen LogP contribution >= 0.6 is 0 Å². The van der Waals surface area contributed by atoms with Crippen molar-refractivity contribution < 1.29 is 23.0 Å². The summed E-state index contributed by atoms with van der Waals surface area (Å²) in [4.78, 5) is 0. The molecule has 0 amide bonds. The van der Waals surface area contributed by atoms with Crippen LogP contribution in [0.3, 0.4) is 0 Å². The third-order valence-electron chi connectivity index (χ3n) is 2.33. The molecule has 82 valence electrons. The molecule has 0 unspecified atom stereocenters. The highest BCUT2D eigenvalue weighted by molar-refractivity contribution is 5.28. The van der Waals surface area contributed by atoms with E-state index in [0.29, 0.717) is 5.56 Å². The standard InChI is InChI=1S/C10H9F3O2/c11-10(12,13)7-3-1-6(2-4-7)9-8(5-14)15-9/h1-4,8-9,14H,5H2/t8-,9+/m0/s1. The van der Waals surface area contributed by atoms with Gasteiger partial charge in [-0.15, -0.1) is 0 Å². The first-order valence-corrected chi connectivity index (χ1v) is 4.46. The van der Waals surface area contributed by atoms with E-state index in [9.17, 15) is 13.2 Å². The van der Waals surface area contributed by atoms with Crippen LogP contribution < -0.4 is 0 Å². The van der Waals surface area contributed by atoms with Crippen LogP contribution in [-0.2, 0) is 10.9 Å². The normalized spacial score (nSPS) is 25.3. The average molecular weight is 218 g/mol. The quantitative estimate of drug-likeness (QED) is 0.771. The van der Waals surface area contributed by atoms with Gasteiger partial charge in [0.1, 0.15) is 12.2 Å². The van der Waals surface area contributed by atoms with Gasteiger partial charge in [0.25, 0.3) is 0 Å². The second-order valence-corrected chi connectivity index (χ2v) is 3.40. The molecule has 1 N–H and O–H groups in total. The van der Waals surface area contributed by atoms with Crippen LogP contribution in [0.15, 0.2) is 24.3 Å². The van der Waals surface area contributed by atoms with Crippen LogP contribution in [0.1, 0.15) is 17.2 Å². The molecule has 15 heavy (non-hydrogen) atoms. The SMILES string of the molecule is OC[C@@H]1O[C@@H]1c1ccc(C(F)(F)F)cc1. The van der Waals surface area contributed by atoms with Crippen molar-refractivity contribution in [1.29, 1.82) is 0 Å². The lowest BCUT2D eigenvalue weighted by atomic mass is 10.1. The number of hydrogen-bond acceptors (Lipinski definition) is 2. The molecule has 1 aromatic rings.